The van der Waals surface area contributed by atoms with E-state index < -0.39 is 0 Å². The van der Waals surface area contributed by atoms with Crippen molar-refractivity contribution in [3.63, 3.8) is 0 Å². The van der Waals surface area contributed by atoms with E-state index in [1.807, 2.05) is 25.4 Å². The molecule has 2 rings (SSSR count). The molecular weight excluding hydrogens is 342 g/mol. The molecular formula is C20H35N5O2. The fourth-order valence-corrected chi connectivity index (χ4v) is 3.58. The second-order valence-corrected chi connectivity index (χ2v) is 6.81. The summed E-state index contributed by atoms with van der Waals surface area (Å²) >= 11 is 0. The third-order valence-electron chi connectivity index (χ3n) is 5.28. The first-order valence-electron chi connectivity index (χ1n) is 9.97. The van der Waals surface area contributed by atoms with Crippen molar-refractivity contribution >= 4 is 5.96 Å². The van der Waals surface area contributed by atoms with Crippen LogP contribution in [-0.4, -0.2) is 68.9 Å². The van der Waals surface area contributed by atoms with Gasteiger partial charge >= 0.3 is 0 Å². The summed E-state index contributed by atoms with van der Waals surface area (Å²) in [6.45, 7) is 9.79. The number of nitrogens with one attached hydrogen (secondary N) is 2. The van der Waals surface area contributed by atoms with Gasteiger partial charge in [-0.1, -0.05) is 32.8 Å². The van der Waals surface area contributed by atoms with Gasteiger partial charge in [-0.15, -0.1) is 0 Å². The lowest BCUT2D eigenvalue weighted by Gasteiger charge is -2.39. The molecule has 7 nitrogen and oxygen atoms in total. The van der Waals surface area contributed by atoms with Crippen LogP contribution in [0, 0.1) is 5.92 Å². The van der Waals surface area contributed by atoms with Gasteiger partial charge in [-0.05, 0) is 11.5 Å². The molecule has 1 fully saturated rings. The Labute approximate surface area is 163 Å². The molecule has 2 heterocycles. The van der Waals surface area contributed by atoms with Gasteiger partial charge in [0.2, 0.25) is 5.88 Å². The Morgan fingerprint density at radius 1 is 1.26 bits per heavy atom. The van der Waals surface area contributed by atoms with E-state index in [2.05, 4.69) is 39.4 Å². The van der Waals surface area contributed by atoms with Crippen molar-refractivity contribution in [2.24, 2.45) is 10.9 Å². The van der Waals surface area contributed by atoms with Crippen LogP contribution in [0.5, 0.6) is 5.88 Å². The Kier molecular flexibility index (Phi) is 9.35. The molecule has 0 aromatic carbocycles. The molecule has 0 radical (unpaired) electrons. The van der Waals surface area contributed by atoms with E-state index in [1.165, 1.54) is 12.8 Å². The summed E-state index contributed by atoms with van der Waals surface area (Å²) in [7, 11) is 3.43. The summed E-state index contributed by atoms with van der Waals surface area (Å²) in [5.74, 6) is 2.11. The van der Waals surface area contributed by atoms with Gasteiger partial charge in [-0.25, -0.2) is 4.98 Å². The SMILES string of the molecule is CCC(CC)C(CNC(=NC)NCc1ccc(OC)nc1)N1CCOCC1. The molecule has 0 amide bonds. The lowest BCUT2D eigenvalue weighted by molar-refractivity contribution is 0.00272. The van der Waals surface area contributed by atoms with Gasteiger partial charge in [0.1, 0.15) is 0 Å². The maximum Gasteiger partial charge on any atom is 0.212 e. The lowest BCUT2D eigenvalue weighted by Crippen LogP contribution is -2.53. The molecule has 1 aromatic rings. The summed E-state index contributed by atoms with van der Waals surface area (Å²) < 4.78 is 10.6. The van der Waals surface area contributed by atoms with E-state index in [4.69, 9.17) is 9.47 Å². The number of nitrogens with zero attached hydrogens (tertiary/aromatic N) is 3. The van der Waals surface area contributed by atoms with Crippen molar-refractivity contribution < 1.29 is 9.47 Å². The second kappa shape index (κ2) is 11.8. The topological polar surface area (TPSA) is 71.0 Å². The van der Waals surface area contributed by atoms with Gasteiger partial charge in [0, 0.05) is 51.5 Å². The van der Waals surface area contributed by atoms with Crippen molar-refractivity contribution in [3.8, 4) is 5.88 Å². The highest BCUT2D eigenvalue weighted by Gasteiger charge is 2.26. The smallest absolute Gasteiger partial charge is 0.212 e. The number of aliphatic imine (C=N–C) groups is 1. The number of aromatic nitrogens is 1. The van der Waals surface area contributed by atoms with Crippen LogP contribution >= 0.6 is 0 Å². The van der Waals surface area contributed by atoms with Crippen molar-refractivity contribution in [1.29, 1.82) is 0 Å². The van der Waals surface area contributed by atoms with Crippen molar-refractivity contribution in [3.05, 3.63) is 23.9 Å². The third kappa shape index (κ3) is 6.66. The Balaban J connectivity index is 1.89. The molecule has 0 spiro atoms. The Bertz CT molecular complexity index is 554. The molecule has 1 aliphatic rings. The first-order chi connectivity index (χ1) is 13.2. The van der Waals surface area contributed by atoms with Gasteiger partial charge in [-0.3, -0.25) is 9.89 Å². The molecule has 1 atom stereocenters. The number of guanidine groups is 1. The highest BCUT2D eigenvalue weighted by Crippen LogP contribution is 2.19. The average molecular weight is 378 g/mol. The third-order valence-corrected chi connectivity index (χ3v) is 5.28. The molecule has 0 saturated carbocycles. The van der Waals surface area contributed by atoms with Crippen molar-refractivity contribution in [2.75, 3.05) is 47.0 Å². The highest BCUT2D eigenvalue weighted by atomic mass is 16.5. The maximum atomic E-state index is 5.53. The van der Waals surface area contributed by atoms with Gasteiger partial charge in [-0.2, -0.15) is 0 Å². The number of rotatable bonds is 9. The van der Waals surface area contributed by atoms with Crippen LogP contribution in [-0.2, 0) is 11.3 Å². The summed E-state index contributed by atoms with van der Waals surface area (Å²) in [6, 6.07) is 4.37. The molecule has 1 saturated heterocycles. The van der Waals surface area contributed by atoms with Gasteiger partial charge < -0.3 is 20.1 Å². The normalized spacial score (nSPS) is 17.0. The predicted molar refractivity (Wildman–Crippen MR) is 109 cm³/mol. The minimum atomic E-state index is 0.491. The molecule has 1 aromatic heterocycles. The fraction of sp³-hybridized carbons (Fsp3) is 0.700. The minimum absolute atomic E-state index is 0.491. The van der Waals surface area contributed by atoms with Crippen LogP contribution in [0.25, 0.3) is 0 Å². The van der Waals surface area contributed by atoms with Crippen LogP contribution in [0.4, 0.5) is 0 Å². The summed E-state index contributed by atoms with van der Waals surface area (Å²) in [6.07, 6.45) is 4.19. The average Bonchev–Trinajstić information content (AvgIpc) is 2.74. The maximum absolute atomic E-state index is 5.53. The molecule has 0 bridgehead atoms. The Morgan fingerprint density at radius 3 is 2.56 bits per heavy atom. The van der Waals surface area contributed by atoms with E-state index >= 15 is 0 Å². The molecule has 0 aliphatic carbocycles. The zero-order valence-corrected chi connectivity index (χ0v) is 17.2. The molecule has 1 unspecified atom stereocenters. The molecule has 1 aliphatic heterocycles. The molecule has 152 valence electrons. The van der Waals surface area contributed by atoms with Crippen LogP contribution in [0.15, 0.2) is 23.3 Å². The first kappa shape index (κ1) is 21.4. The minimum Gasteiger partial charge on any atom is -0.481 e. The second-order valence-electron chi connectivity index (χ2n) is 6.81. The number of hydrogen-bond acceptors (Lipinski definition) is 5. The molecule has 7 heteroatoms. The Hall–Kier alpha value is -1.86. The quantitative estimate of drug-likeness (QED) is 0.506. The number of hydrogen-bond donors (Lipinski definition) is 2. The molecule has 2 N–H and O–H groups in total. The van der Waals surface area contributed by atoms with Crippen molar-refractivity contribution in [1.82, 2.24) is 20.5 Å². The van der Waals surface area contributed by atoms with Gasteiger partial charge in [0.05, 0.1) is 20.3 Å². The largest absolute Gasteiger partial charge is 0.481 e. The monoisotopic (exact) mass is 377 g/mol. The van der Waals surface area contributed by atoms with Gasteiger partial charge in [0.15, 0.2) is 5.96 Å². The summed E-state index contributed by atoms with van der Waals surface area (Å²) in [5, 5.41) is 6.89. The van der Waals surface area contributed by atoms with Crippen LogP contribution < -0.4 is 15.4 Å². The predicted octanol–water partition coefficient (Wildman–Crippen LogP) is 1.89. The van der Waals surface area contributed by atoms with E-state index in [-0.39, 0.29) is 0 Å². The van der Waals surface area contributed by atoms with E-state index in [9.17, 15) is 0 Å². The van der Waals surface area contributed by atoms with Crippen molar-refractivity contribution in [2.45, 2.75) is 39.3 Å². The fourth-order valence-electron chi connectivity index (χ4n) is 3.58. The highest BCUT2D eigenvalue weighted by molar-refractivity contribution is 5.79. The first-order valence-corrected chi connectivity index (χ1v) is 9.97. The number of pyridine rings is 1. The van der Waals surface area contributed by atoms with Gasteiger partial charge in [0.25, 0.3) is 0 Å². The summed E-state index contributed by atoms with van der Waals surface area (Å²) in [4.78, 5) is 11.2. The number of methoxy groups -OCH3 is 1. The van der Waals surface area contributed by atoms with E-state index in [0.29, 0.717) is 24.4 Å². The lowest BCUT2D eigenvalue weighted by atomic mass is 9.92. The number of morpholine rings is 1. The Morgan fingerprint density at radius 2 is 2.00 bits per heavy atom. The molecule has 27 heavy (non-hydrogen) atoms. The van der Waals surface area contributed by atoms with Crippen LogP contribution in [0.1, 0.15) is 32.3 Å². The van der Waals surface area contributed by atoms with E-state index in [1.54, 1.807) is 7.11 Å². The van der Waals surface area contributed by atoms with Crippen LogP contribution in [0.3, 0.4) is 0 Å². The summed E-state index contributed by atoms with van der Waals surface area (Å²) in [5.41, 5.74) is 1.09. The number of ether oxygens (including phenoxy) is 2. The van der Waals surface area contributed by atoms with E-state index in [0.717, 1.165) is 44.4 Å². The zero-order valence-electron chi connectivity index (χ0n) is 17.2. The van der Waals surface area contributed by atoms with Crippen LogP contribution in [0.2, 0.25) is 0 Å². The zero-order chi connectivity index (χ0) is 19.5. The standard InChI is InChI=1S/C20H35N5O2/c1-5-17(6-2)18(25-9-11-27-12-10-25)15-24-20(21-3)23-14-16-7-8-19(26-4)22-13-16/h7-8,13,17-18H,5-6,9-12,14-15H2,1-4H3,(H2,21,23,24).